The quantitative estimate of drug-likeness (QED) is 0.187. The van der Waals surface area contributed by atoms with Crippen LogP contribution >= 0.6 is 0 Å². The Bertz CT molecular complexity index is 2530. The van der Waals surface area contributed by atoms with Crippen LogP contribution in [0, 0.1) is 0 Å². The third-order valence-corrected chi connectivity index (χ3v) is 11.8. The molecule has 0 radical (unpaired) electrons. The normalized spacial score (nSPS) is 14.5. The molecule has 0 N–H and O–H groups in total. The molecule has 0 atom stereocenters. The molecule has 0 fully saturated rings. The van der Waals surface area contributed by atoms with Crippen molar-refractivity contribution in [2.24, 2.45) is 0 Å². The van der Waals surface area contributed by atoms with Crippen molar-refractivity contribution in [3.05, 3.63) is 180 Å². The van der Waals surface area contributed by atoms with E-state index in [0.29, 0.717) is 0 Å². The summed E-state index contributed by atoms with van der Waals surface area (Å²) < 4.78 is 0. The molecule has 0 unspecified atom stereocenters. The Hall–Kier alpha value is -6.12. The zero-order chi connectivity index (χ0) is 35.2. The van der Waals surface area contributed by atoms with Crippen molar-refractivity contribution >= 4 is 11.0 Å². The van der Waals surface area contributed by atoms with E-state index >= 15 is 0 Å². The second-order valence-electron chi connectivity index (χ2n) is 15.5. The summed E-state index contributed by atoms with van der Waals surface area (Å²) in [6, 6.07) is 53.3. The van der Waals surface area contributed by atoms with Gasteiger partial charge in [-0.1, -0.05) is 137 Å². The van der Waals surface area contributed by atoms with E-state index in [9.17, 15) is 0 Å². The van der Waals surface area contributed by atoms with Crippen molar-refractivity contribution in [1.82, 2.24) is 9.97 Å². The molecule has 0 spiro atoms. The summed E-state index contributed by atoms with van der Waals surface area (Å²) >= 11 is 0. The van der Waals surface area contributed by atoms with Crippen LogP contribution in [0.25, 0.3) is 77.8 Å². The maximum atomic E-state index is 4.97. The lowest BCUT2D eigenvalue weighted by molar-refractivity contribution is 0.660. The lowest BCUT2D eigenvalue weighted by atomic mass is 9.81. The predicted molar refractivity (Wildman–Crippen MR) is 216 cm³/mol. The zero-order valence-corrected chi connectivity index (χ0v) is 29.9. The third kappa shape index (κ3) is 4.64. The van der Waals surface area contributed by atoms with E-state index in [1.54, 1.807) is 0 Å². The smallest absolute Gasteiger partial charge is 0.0893 e. The van der Waals surface area contributed by atoms with Crippen LogP contribution in [0.15, 0.2) is 158 Å². The highest BCUT2D eigenvalue weighted by atomic mass is 14.7. The van der Waals surface area contributed by atoms with Crippen LogP contribution in [0.3, 0.4) is 0 Å². The van der Waals surface area contributed by atoms with Crippen molar-refractivity contribution in [3.63, 3.8) is 0 Å². The molecule has 2 aliphatic carbocycles. The van der Waals surface area contributed by atoms with E-state index in [1.165, 1.54) is 77.9 Å². The first-order valence-corrected chi connectivity index (χ1v) is 18.2. The van der Waals surface area contributed by atoms with Gasteiger partial charge in [0.1, 0.15) is 0 Å². The molecule has 0 aliphatic heterocycles. The van der Waals surface area contributed by atoms with E-state index in [-0.39, 0.29) is 10.8 Å². The van der Waals surface area contributed by atoms with Crippen molar-refractivity contribution in [1.29, 1.82) is 0 Å². The summed E-state index contributed by atoms with van der Waals surface area (Å²) in [5, 5.41) is 0. The van der Waals surface area contributed by atoms with Gasteiger partial charge in [0.2, 0.25) is 0 Å². The van der Waals surface area contributed by atoms with Crippen molar-refractivity contribution in [2.75, 3.05) is 0 Å². The Morgan fingerprint density at radius 1 is 0.308 bits per heavy atom. The number of rotatable bonds is 4. The maximum Gasteiger partial charge on any atom is 0.0893 e. The summed E-state index contributed by atoms with van der Waals surface area (Å²) in [6.45, 7) is 9.38. The topological polar surface area (TPSA) is 25.8 Å². The molecule has 10 rings (SSSR count). The van der Waals surface area contributed by atoms with Crippen LogP contribution < -0.4 is 0 Å². The number of nitrogens with zero attached hydrogens (tertiary/aromatic N) is 2. The van der Waals surface area contributed by atoms with Crippen molar-refractivity contribution < 1.29 is 0 Å². The summed E-state index contributed by atoms with van der Waals surface area (Å²) in [4.78, 5) is 9.94. The molecular weight excluding hydrogens is 629 g/mol. The van der Waals surface area contributed by atoms with E-state index in [1.807, 2.05) is 12.4 Å². The molecule has 2 heterocycles. The standard InChI is InChI=1S/C50H38N2/c1-49(2)43-23-33(31-11-7-5-8-12-31)15-19-39(43)41-21-17-35(25-45(41)49)37-27-47-48(51-29-37)28-38(30-52-47)36-18-22-42-40-20-16-34(32-13-9-6-10-14-32)24-44(40)50(3,4)46(42)26-36/h5-30H,1-4H3. The minimum atomic E-state index is -0.112. The first-order chi connectivity index (χ1) is 25.3. The Morgan fingerprint density at radius 2 is 0.615 bits per heavy atom. The largest absolute Gasteiger partial charge is 0.254 e. The molecule has 6 aromatic carbocycles. The summed E-state index contributed by atoms with van der Waals surface area (Å²) in [6.07, 6.45) is 4.01. The second-order valence-corrected chi connectivity index (χ2v) is 15.5. The Labute approximate surface area is 305 Å². The van der Waals surface area contributed by atoms with Gasteiger partial charge in [0.25, 0.3) is 0 Å². The number of pyridine rings is 2. The number of benzene rings is 6. The van der Waals surface area contributed by atoms with Crippen LogP contribution in [0.1, 0.15) is 49.9 Å². The number of hydrogen-bond acceptors (Lipinski definition) is 2. The minimum absolute atomic E-state index is 0.112. The van der Waals surface area contributed by atoms with Crippen molar-refractivity contribution in [2.45, 2.75) is 38.5 Å². The van der Waals surface area contributed by atoms with Crippen LogP contribution in [-0.2, 0) is 10.8 Å². The molecule has 248 valence electrons. The van der Waals surface area contributed by atoms with Crippen LogP contribution in [0.4, 0.5) is 0 Å². The van der Waals surface area contributed by atoms with Crippen LogP contribution in [-0.4, -0.2) is 9.97 Å². The van der Waals surface area contributed by atoms with Crippen LogP contribution in [0.5, 0.6) is 0 Å². The minimum Gasteiger partial charge on any atom is -0.254 e. The van der Waals surface area contributed by atoms with E-state index in [2.05, 4.69) is 173 Å². The van der Waals surface area contributed by atoms with Gasteiger partial charge >= 0.3 is 0 Å². The Balaban J connectivity index is 0.958. The molecule has 2 aliphatic rings. The van der Waals surface area contributed by atoms with Gasteiger partial charge in [0.05, 0.1) is 11.0 Å². The SMILES string of the molecule is CC1(C)c2cc(-c3ccccc3)ccc2-c2ccc(-c3cnc4cc(-c5ccc6c(c5)C(C)(C)c5cc(-c7ccccc7)ccc5-6)cnc4c3)cc21. The highest BCUT2D eigenvalue weighted by Gasteiger charge is 2.37. The van der Waals surface area contributed by atoms with Crippen LogP contribution in [0.2, 0.25) is 0 Å². The summed E-state index contributed by atoms with van der Waals surface area (Å²) in [5.74, 6) is 0. The lowest BCUT2D eigenvalue weighted by Crippen LogP contribution is -2.15. The van der Waals surface area contributed by atoms with Gasteiger partial charge in [0.15, 0.2) is 0 Å². The second kappa shape index (κ2) is 11.2. The van der Waals surface area contributed by atoms with Gasteiger partial charge in [-0.15, -0.1) is 0 Å². The summed E-state index contributed by atoms with van der Waals surface area (Å²) in [7, 11) is 0. The first-order valence-electron chi connectivity index (χ1n) is 18.2. The van der Waals surface area contributed by atoms with E-state index < -0.39 is 0 Å². The molecule has 2 heteroatoms. The molecule has 8 aromatic rings. The fourth-order valence-electron chi connectivity index (χ4n) is 8.77. The average molecular weight is 667 g/mol. The average Bonchev–Trinajstić information content (AvgIpc) is 3.56. The van der Waals surface area contributed by atoms with E-state index in [0.717, 1.165) is 22.2 Å². The molecular formula is C50H38N2. The zero-order valence-electron chi connectivity index (χ0n) is 29.9. The van der Waals surface area contributed by atoms with Crippen molar-refractivity contribution in [3.8, 4) is 66.8 Å². The Morgan fingerprint density at radius 3 is 0.942 bits per heavy atom. The maximum absolute atomic E-state index is 4.97. The molecule has 2 aromatic heterocycles. The van der Waals surface area contributed by atoms with Gasteiger partial charge in [-0.3, -0.25) is 9.97 Å². The van der Waals surface area contributed by atoms with Gasteiger partial charge in [-0.25, -0.2) is 0 Å². The van der Waals surface area contributed by atoms with Gasteiger partial charge in [-0.2, -0.15) is 0 Å². The Kier molecular flexibility index (Phi) is 6.60. The highest BCUT2D eigenvalue weighted by molar-refractivity contribution is 5.90. The lowest BCUT2D eigenvalue weighted by Gasteiger charge is -2.23. The number of aromatic nitrogens is 2. The fourth-order valence-corrected chi connectivity index (χ4v) is 8.77. The van der Waals surface area contributed by atoms with Gasteiger partial charge in [-0.05, 0) is 114 Å². The molecule has 0 saturated heterocycles. The monoisotopic (exact) mass is 666 g/mol. The molecule has 0 saturated carbocycles. The summed E-state index contributed by atoms with van der Waals surface area (Å²) in [5.41, 5.74) is 21.8. The predicted octanol–water partition coefficient (Wildman–Crippen LogP) is 12.9. The highest BCUT2D eigenvalue weighted by Crippen LogP contribution is 2.52. The fraction of sp³-hybridized carbons (Fsp3) is 0.120. The number of hydrogen-bond donors (Lipinski definition) is 0. The molecule has 2 nitrogen and oxygen atoms in total. The number of fused-ring (bicyclic) bond motifs is 7. The molecule has 0 amide bonds. The first kappa shape index (κ1) is 30.7. The third-order valence-electron chi connectivity index (χ3n) is 11.8. The van der Waals surface area contributed by atoms with Gasteiger partial charge < -0.3 is 0 Å². The molecule has 52 heavy (non-hydrogen) atoms. The van der Waals surface area contributed by atoms with E-state index in [4.69, 9.17) is 9.97 Å². The molecule has 0 bridgehead atoms. The van der Waals surface area contributed by atoms with Gasteiger partial charge in [0, 0.05) is 34.4 Å².